The smallest absolute Gasteiger partial charge is 0.203 e. The second kappa shape index (κ2) is 10.8. The molecule has 1 fully saturated rings. The van der Waals surface area contributed by atoms with Crippen molar-refractivity contribution in [1.29, 1.82) is 0 Å². The van der Waals surface area contributed by atoms with E-state index in [4.69, 9.17) is 14.2 Å². The molecule has 0 aromatic heterocycles. The Morgan fingerprint density at radius 1 is 0.941 bits per heavy atom. The van der Waals surface area contributed by atoms with Crippen molar-refractivity contribution < 1.29 is 23.0 Å². The van der Waals surface area contributed by atoms with E-state index < -0.39 is 11.6 Å². The van der Waals surface area contributed by atoms with Crippen molar-refractivity contribution in [1.82, 2.24) is 10.6 Å². The second-order valence-electron chi connectivity index (χ2n) is 8.39. The first-order valence-corrected chi connectivity index (χ1v) is 11.4. The summed E-state index contributed by atoms with van der Waals surface area (Å²) in [6.45, 7) is 3.00. The number of hydrogen-bond donors (Lipinski definition) is 2. The van der Waals surface area contributed by atoms with Gasteiger partial charge in [-0.2, -0.15) is 0 Å². The Balaban J connectivity index is 1.64. The maximum Gasteiger partial charge on any atom is 0.203 e. The fourth-order valence-electron chi connectivity index (χ4n) is 4.56. The van der Waals surface area contributed by atoms with E-state index in [0.29, 0.717) is 36.0 Å². The molecule has 0 unspecified atom stereocenters. The van der Waals surface area contributed by atoms with Crippen LogP contribution in [-0.2, 0) is 0 Å². The average Bonchev–Trinajstić information content (AvgIpc) is 2.88. The van der Waals surface area contributed by atoms with E-state index in [2.05, 4.69) is 21.6 Å². The summed E-state index contributed by atoms with van der Waals surface area (Å²) in [4.78, 5) is 2.17. The van der Waals surface area contributed by atoms with Crippen LogP contribution < -0.4 is 29.7 Å². The molecule has 182 valence electrons. The van der Waals surface area contributed by atoms with Gasteiger partial charge in [-0.05, 0) is 66.9 Å². The van der Waals surface area contributed by atoms with Gasteiger partial charge in [-0.15, -0.1) is 0 Å². The molecule has 1 saturated heterocycles. The van der Waals surface area contributed by atoms with E-state index in [1.54, 1.807) is 27.4 Å². The lowest BCUT2D eigenvalue weighted by molar-refractivity contribution is 0.324. The maximum absolute atomic E-state index is 14.1. The molecule has 2 aliphatic rings. The van der Waals surface area contributed by atoms with Gasteiger partial charge in [-0.25, -0.2) is 8.78 Å². The minimum Gasteiger partial charge on any atom is -0.493 e. The quantitative estimate of drug-likeness (QED) is 0.604. The molecule has 2 aromatic carbocycles. The summed E-state index contributed by atoms with van der Waals surface area (Å²) in [6.07, 6.45) is 5.98. The fraction of sp³-hybridized carbons (Fsp3) is 0.385. The van der Waals surface area contributed by atoms with Crippen LogP contribution in [0.15, 0.2) is 48.2 Å². The molecular weight excluding hydrogens is 440 g/mol. The Kier molecular flexibility index (Phi) is 7.57. The zero-order valence-corrected chi connectivity index (χ0v) is 19.8. The molecule has 8 heteroatoms. The van der Waals surface area contributed by atoms with Gasteiger partial charge in [0.1, 0.15) is 0 Å². The molecule has 2 aromatic rings. The summed E-state index contributed by atoms with van der Waals surface area (Å²) in [5.41, 5.74) is 3.74. The van der Waals surface area contributed by atoms with Crippen LogP contribution in [0, 0.1) is 11.6 Å². The Morgan fingerprint density at radius 2 is 1.65 bits per heavy atom. The summed E-state index contributed by atoms with van der Waals surface area (Å²) in [6, 6.07) is 8.23. The highest BCUT2D eigenvalue weighted by Crippen LogP contribution is 2.40. The number of hydrogen-bond acceptors (Lipinski definition) is 6. The zero-order valence-electron chi connectivity index (χ0n) is 19.8. The fourth-order valence-corrected chi connectivity index (χ4v) is 4.56. The van der Waals surface area contributed by atoms with Crippen LogP contribution in [0.5, 0.6) is 17.2 Å². The van der Waals surface area contributed by atoms with Crippen molar-refractivity contribution in [3.05, 3.63) is 65.4 Å². The van der Waals surface area contributed by atoms with Crippen molar-refractivity contribution in [3.8, 4) is 17.2 Å². The van der Waals surface area contributed by atoms with Gasteiger partial charge in [0.25, 0.3) is 0 Å². The summed E-state index contributed by atoms with van der Waals surface area (Å²) >= 11 is 0. The van der Waals surface area contributed by atoms with Gasteiger partial charge in [0.15, 0.2) is 23.1 Å². The number of halogens is 2. The van der Waals surface area contributed by atoms with Gasteiger partial charge >= 0.3 is 0 Å². The molecule has 2 N–H and O–H groups in total. The molecule has 2 aliphatic heterocycles. The van der Waals surface area contributed by atoms with Crippen molar-refractivity contribution in [3.63, 3.8) is 0 Å². The van der Waals surface area contributed by atoms with Crippen molar-refractivity contribution >= 4 is 11.3 Å². The number of piperidine rings is 1. The number of benzene rings is 2. The lowest BCUT2D eigenvalue weighted by atomic mass is 9.98. The van der Waals surface area contributed by atoms with Gasteiger partial charge in [-0.3, -0.25) is 0 Å². The molecule has 0 saturated carbocycles. The highest BCUT2D eigenvalue weighted by atomic mass is 19.2. The highest BCUT2D eigenvalue weighted by molar-refractivity contribution is 5.75. The molecule has 0 aliphatic carbocycles. The Labute approximate surface area is 199 Å². The molecule has 6 nitrogen and oxygen atoms in total. The minimum atomic E-state index is -0.836. The van der Waals surface area contributed by atoms with E-state index in [0.717, 1.165) is 42.6 Å². The number of methoxy groups -OCH3 is 3. The van der Waals surface area contributed by atoms with Crippen LogP contribution in [0.1, 0.15) is 18.4 Å². The third-order valence-electron chi connectivity index (χ3n) is 6.31. The molecule has 0 radical (unpaired) electrons. The zero-order chi connectivity index (χ0) is 24.1. The van der Waals surface area contributed by atoms with E-state index in [9.17, 15) is 8.78 Å². The Morgan fingerprint density at radius 3 is 2.26 bits per heavy atom. The van der Waals surface area contributed by atoms with E-state index in [1.165, 1.54) is 12.1 Å². The minimum absolute atomic E-state index is 0.229. The highest BCUT2D eigenvalue weighted by Gasteiger charge is 2.24. The van der Waals surface area contributed by atoms with Crippen LogP contribution in [0.2, 0.25) is 0 Å². The SMILES string of the molecule is COc1cc(C2=CC(CN(c3ccc(F)c(F)c3)C3CCNCC3)=CNC2)cc(OC)c1OC. The molecule has 0 bridgehead atoms. The number of rotatable bonds is 8. The average molecular weight is 472 g/mol. The Bertz CT molecular complexity index is 1060. The van der Waals surface area contributed by atoms with E-state index in [-0.39, 0.29) is 6.04 Å². The molecule has 0 atom stereocenters. The summed E-state index contributed by atoms with van der Waals surface area (Å²) < 4.78 is 44.2. The number of nitrogens with one attached hydrogen (secondary N) is 2. The lowest BCUT2D eigenvalue weighted by Crippen LogP contribution is -2.44. The van der Waals surface area contributed by atoms with Gasteiger partial charge in [0.05, 0.1) is 21.3 Å². The van der Waals surface area contributed by atoms with Crippen LogP contribution >= 0.6 is 0 Å². The first kappa shape index (κ1) is 23.9. The molecule has 34 heavy (non-hydrogen) atoms. The van der Waals surface area contributed by atoms with Gasteiger partial charge in [-0.1, -0.05) is 6.08 Å². The lowest BCUT2D eigenvalue weighted by Gasteiger charge is -2.37. The molecule has 0 spiro atoms. The molecule has 2 heterocycles. The summed E-state index contributed by atoms with van der Waals surface area (Å²) in [5.74, 6) is 0.0567. The predicted molar refractivity (Wildman–Crippen MR) is 130 cm³/mol. The monoisotopic (exact) mass is 471 g/mol. The van der Waals surface area contributed by atoms with Crippen LogP contribution in [0.4, 0.5) is 14.5 Å². The number of anilines is 1. The van der Waals surface area contributed by atoms with Gasteiger partial charge in [0, 0.05) is 37.1 Å². The van der Waals surface area contributed by atoms with Crippen molar-refractivity contribution in [2.75, 3.05) is 52.4 Å². The summed E-state index contributed by atoms with van der Waals surface area (Å²) in [7, 11) is 4.77. The maximum atomic E-state index is 14.1. The van der Waals surface area contributed by atoms with Crippen molar-refractivity contribution in [2.24, 2.45) is 0 Å². The largest absolute Gasteiger partial charge is 0.493 e. The summed E-state index contributed by atoms with van der Waals surface area (Å²) in [5, 5.41) is 6.72. The number of nitrogens with zero attached hydrogens (tertiary/aromatic N) is 1. The molecular formula is C26H31F2N3O3. The standard InChI is InChI=1S/C26H31F2N3O3/c1-32-24-11-18(12-25(33-2)26(24)34-3)19-10-17(14-30-15-19)16-31(20-6-8-29-9-7-20)21-4-5-22(27)23(28)13-21/h4-5,10-14,20,29-30H,6-9,15-16H2,1-3H3. The molecule has 4 rings (SSSR count). The van der Waals surface area contributed by atoms with Crippen molar-refractivity contribution in [2.45, 2.75) is 18.9 Å². The van der Waals surface area contributed by atoms with Crippen LogP contribution in [0.3, 0.4) is 0 Å². The van der Waals surface area contributed by atoms with Gasteiger partial charge < -0.3 is 29.7 Å². The van der Waals surface area contributed by atoms with Crippen LogP contribution in [-0.4, -0.2) is 53.6 Å². The van der Waals surface area contributed by atoms with E-state index in [1.807, 2.05) is 18.3 Å². The molecule has 0 amide bonds. The first-order chi connectivity index (χ1) is 16.5. The van der Waals surface area contributed by atoms with E-state index >= 15 is 0 Å². The van der Waals surface area contributed by atoms with Crippen LogP contribution in [0.25, 0.3) is 5.57 Å². The predicted octanol–water partition coefficient (Wildman–Crippen LogP) is 4.12. The normalized spacial score (nSPS) is 16.3. The first-order valence-electron chi connectivity index (χ1n) is 11.4. The third kappa shape index (κ3) is 5.12. The number of ether oxygens (including phenoxy) is 3. The second-order valence-corrected chi connectivity index (χ2v) is 8.39. The topological polar surface area (TPSA) is 55.0 Å². The van der Waals surface area contributed by atoms with Gasteiger partial charge in [0.2, 0.25) is 5.75 Å². The Hall–Kier alpha value is -3.26. The number of dihydropyridines is 1. The third-order valence-corrected chi connectivity index (χ3v) is 6.31.